The second-order valence-corrected chi connectivity index (χ2v) is 5.50. The predicted octanol–water partition coefficient (Wildman–Crippen LogP) is 2.63. The summed E-state index contributed by atoms with van der Waals surface area (Å²) in [4.78, 5) is 17.5. The van der Waals surface area contributed by atoms with E-state index in [9.17, 15) is 4.79 Å². The number of carbonyl (C=O) groups is 1. The molecule has 0 aliphatic heterocycles. The van der Waals surface area contributed by atoms with Gasteiger partial charge in [0.2, 0.25) is 0 Å². The number of pyridine rings is 1. The number of rotatable bonds is 5. The van der Waals surface area contributed by atoms with Crippen molar-refractivity contribution in [2.24, 2.45) is 5.41 Å². The Bertz CT molecular complexity index is 396. The van der Waals surface area contributed by atoms with Gasteiger partial charge in [-0.2, -0.15) is 0 Å². The lowest BCUT2D eigenvalue weighted by molar-refractivity contribution is 0.0827. The Morgan fingerprint density at radius 3 is 2.50 bits per heavy atom. The molecule has 18 heavy (non-hydrogen) atoms. The summed E-state index contributed by atoms with van der Waals surface area (Å²) in [6.07, 6.45) is 2.72. The van der Waals surface area contributed by atoms with Crippen LogP contribution in [-0.2, 0) is 0 Å². The topological polar surface area (TPSA) is 45.2 Å². The Labute approximate surface area is 109 Å². The maximum absolute atomic E-state index is 11.7. The standard InChI is InChI=1S/C14H23N3O/c1-6-14(2,3)10-16-12-8-7-11(9-15-12)13(18)17(4)5/h7-9H,6,10H2,1-5H3,(H,15,16). The van der Waals surface area contributed by atoms with Gasteiger partial charge in [-0.1, -0.05) is 20.8 Å². The van der Waals surface area contributed by atoms with E-state index in [1.165, 1.54) is 0 Å². The molecule has 1 rings (SSSR count). The highest BCUT2D eigenvalue weighted by atomic mass is 16.2. The van der Waals surface area contributed by atoms with Gasteiger partial charge in [0.25, 0.3) is 5.91 Å². The second kappa shape index (κ2) is 5.85. The van der Waals surface area contributed by atoms with Gasteiger partial charge in [0.15, 0.2) is 0 Å². The predicted molar refractivity (Wildman–Crippen MR) is 74.8 cm³/mol. The van der Waals surface area contributed by atoms with E-state index in [1.54, 1.807) is 31.3 Å². The van der Waals surface area contributed by atoms with Crippen LogP contribution < -0.4 is 5.32 Å². The second-order valence-electron chi connectivity index (χ2n) is 5.50. The molecule has 0 aliphatic carbocycles. The number of nitrogens with one attached hydrogen (secondary N) is 1. The van der Waals surface area contributed by atoms with Crippen molar-refractivity contribution in [3.05, 3.63) is 23.9 Å². The van der Waals surface area contributed by atoms with Crippen LogP contribution in [0.2, 0.25) is 0 Å². The van der Waals surface area contributed by atoms with Gasteiger partial charge in [0.05, 0.1) is 5.56 Å². The van der Waals surface area contributed by atoms with Gasteiger partial charge in [0.1, 0.15) is 5.82 Å². The molecule has 1 heterocycles. The number of nitrogens with zero attached hydrogens (tertiary/aromatic N) is 2. The highest BCUT2D eigenvalue weighted by Crippen LogP contribution is 2.19. The van der Waals surface area contributed by atoms with Crippen molar-refractivity contribution < 1.29 is 4.79 Å². The Hall–Kier alpha value is -1.58. The van der Waals surface area contributed by atoms with Crippen molar-refractivity contribution in [1.29, 1.82) is 0 Å². The van der Waals surface area contributed by atoms with Gasteiger partial charge in [-0.25, -0.2) is 4.98 Å². The zero-order chi connectivity index (χ0) is 13.8. The van der Waals surface area contributed by atoms with Crippen LogP contribution in [0.25, 0.3) is 0 Å². The van der Waals surface area contributed by atoms with E-state index in [0.717, 1.165) is 18.8 Å². The highest BCUT2D eigenvalue weighted by molar-refractivity contribution is 5.93. The minimum Gasteiger partial charge on any atom is -0.370 e. The Morgan fingerprint density at radius 2 is 2.06 bits per heavy atom. The van der Waals surface area contributed by atoms with Crippen molar-refractivity contribution in [1.82, 2.24) is 9.88 Å². The van der Waals surface area contributed by atoms with Gasteiger partial charge in [0, 0.05) is 26.8 Å². The molecule has 100 valence electrons. The van der Waals surface area contributed by atoms with E-state index in [-0.39, 0.29) is 11.3 Å². The molecule has 1 amide bonds. The average molecular weight is 249 g/mol. The molecule has 0 spiro atoms. The molecule has 4 heteroatoms. The van der Waals surface area contributed by atoms with Crippen molar-refractivity contribution in [2.75, 3.05) is 26.0 Å². The number of anilines is 1. The number of amides is 1. The molecule has 0 atom stereocenters. The average Bonchev–Trinajstić information content (AvgIpc) is 2.36. The first-order valence-corrected chi connectivity index (χ1v) is 6.27. The number of aromatic nitrogens is 1. The molecule has 0 aliphatic rings. The summed E-state index contributed by atoms with van der Waals surface area (Å²) in [5.41, 5.74) is 0.861. The van der Waals surface area contributed by atoms with Crippen LogP contribution in [0, 0.1) is 5.41 Å². The van der Waals surface area contributed by atoms with Crippen LogP contribution in [0.15, 0.2) is 18.3 Å². The maximum atomic E-state index is 11.7. The van der Waals surface area contributed by atoms with Crippen LogP contribution in [-0.4, -0.2) is 36.4 Å². The van der Waals surface area contributed by atoms with Crippen molar-refractivity contribution in [3.63, 3.8) is 0 Å². The Kier molecular flexibility index (Phi) is 4.70. The number of carbonyl (C=O) groups excluding carboxylic acids is 1. The van der Waals surface area contributed by atoms with E-state index in [4.69, 9.17) is 0 Å². The third kappa shape index (κ3) is 4.02. The molecule has 1 N–H and O–H groups in total. The first-order valence-electron chi connectivity index (χ1n) is 6.27. The minimum absolute atomic E-state index is 0.0251. The normalized spacial score (nSPS) is 11.2. The first-order chi connectivity index (χ1) is 8.35. The highest BCUT2D eigenvalue weighted by Gasteiger charge is 2.15. The van der Waals surface area contributed by atoms with Crippen molar-refractivity contribution in [2.45, 2.75) is 27.2 Å². The summed E-state index contributed by atoms with van der Waals surface area (Å²) in [6.45, 7) is 7.47. The summed E-state index contributed by atoms with van der Waals surface area (Å²) < 4.78 is 0. The lowest BCUT2D eigenvalue weighted by Gasteiger charge is -2.23. The molecule has 0 radical (unpaired) electrons. The van der Waals surface area contributed by atoms with Gasteiger partial charge in [-0.05, 0) is 24.0 Å². The van der Waals surface area contributed by atoms with E-state index < -0.39 is 0 Å². The van der Waals surface area contributed by atoms with Crippen LogP contribution >= 0.6 is 0 Å². The van der Waals surface area contributed by atoms with Crippen molar-refractivity contribution in [3.8, 4) is 0 Å². The number of hydrogen-bond donors (Lipinski definition) is 1. The summed E-state index contributed by atoms with van der Waals surface area (Å²) in [5, 5.41) is 3.30. The lowest BCUT2D eigenvalue weighted by atomic mass is 9.90. The molecular formula is C14H23N3O. The van der Waals surface area contributed by atoms with E-state index in [0.29, 0.717) is 5.56 Å². The summed E-state index contributed by atoms with van der Waals surface area (Å²) >= 11 is 0. The molecule has 4 nitrogen and oxygen atoms in total. The fraction of sp³-hybridized carbons (Fsp3) is 0.571. The van der Waals surface area contributed by atoms with E-state index in [1.807, 2.05) is 6.07 Å². The SMILES string of the molecule is CCC(C)(C)CNc1ccc(C(=O)N(C)C)cn1. The van der Waals surface area contributed by atoms with Gasteiger partial charge >= 0.3 is 0 Å². The molecule has 0 bridgehead atoms. The molecule has 0 saturated heterocycles. The summed E-state index contributed by atoms with van der Waals surface area (Å²) in [7, 11) is 3.47. The number of hydrogen-bond acceptors (Lipinski definition) is 3. The Balaban J connectivity index is 2.64. The molecule has 1 aromatic heterocycles. The third-order valence-electron chi connectivity index (χ3n) is 3.12. The van der Waals surface area contributed by atoms with Crippen LogP contribution in [0.5, 0.6) is 0 Å². The van der Waals surface area contributed by atoms with Crippen molar-refractivity contribution >= 4 is 11.7 Å². The fourth-order valence-electron chi connectivity index (χ4n) is 1.34. The molecule has 0 aromatic carbocycles. The van der Waals surface area contributed by atoms with Crippen LogP contribution in [0.3, 0.4) is 0 Å². The molecule has 0 saturated carbocycles. The van der Waals surface area contributed by atoms with Gasteiger partial charge in [-0.3, -0.25) is 4.79 Å². The smallest absolute Gasteiger partial charge is 0.254 e. The molecular weight excluding hydrogens is 226 g/mol. The van der Waals surface area contributed by atoms with E-state index in [2.05, 4.69) is 31.1 Å². The minimum atomic E-state index is -0.0251. The summed E-state index contributed by atoms with van der Waals surface area (Å²) in [5.74, 6) is 0.787. The molecule has 0 fully saturated rings. The Morgan fingerprint density at radius 1 is 1.39 bits per heavy atom. The van der Waals surface area contributed by atoms with E-state index >= 15 is 0 Å². The van der Waals surface area contributed by atoms with Gasteiger partial charge in [-0.15, -0.1) is 0 Å². The largest absolute Gasteiger partial charge is 0.370 e. The zero-order valence-corrected chi connectivity index (χ0v) is 11.9. The van der Waals surface area contributed by atoms with Gasteiger partial charge < -0.3 is 10.2 Å². The molecule has 1 aromatic rings. The third-order valence-corrected chi connectivity index (χ3v) is 3.12. The quantitative estimate of drug-likeness (QED) is 0.872. The monoisotopic (exact) mass is 249 g/mol. The maximum Gasteiger partial charge on any atom is 0.254 e. The van der Waals surface area contributed by atoms with Crippen LogP contribution in [0.1, 0.15) is 37.6 Å². The fourth-order valence-corrected chi connectivity index (χ4v) is 1.34. The molecule has 0 unspecified atom stereocenters. The van der Waals surface area contributed by atoms with Crippen LogP contribution in [0.4, 0.5) is 5.82 Å². The first kappa shape index (κ1) is 14.5. The zero-order valence-electron chi connectivity index (χ0n) is 11.9. The summed E-state index contributed by atoms with van der Waals surface area (Å²) in [6, 6.07) is 3.65. The lowest BCUT2D eigenvalue weighted by Crippen LogP contribution is -2.23.